The molecule has 1 rings (SSSR count). The fourth-order valence-electron chi connectivity index (χ4n) is 2.56. The summed E-state index contributed by atoms with van der Waals surface area (Å²) < 4.78 is 0. The summed E-state index contributed by atoms with van der Waals surface area (Å²) in [5.41, 5.74) is 1.27. The van der Waals surface area contributed by atoms with E-state index in [1.807, 2.05) is 18.2 Å². The summed E-state index contributed by atoms with van der Waals surface area (Å²) in [7, 11) is 0. The van der Waals surface area contributed by atoms with Crippen molar-refractivity contribution in [3.8, 4) is 11.8 Å². The maximum absolute atomic E-state index is 9.86. The van der Waals surface area contributed by atoms with Crippen molar-refractivity contribution >= 4 is 0 Å². The summed E-state index contributed by atoms with van der Waals surface area (Å²) in [5, 5.41) is 9.86. The van der Waals surface area contributed by atoms with Gasteiger partial charge in [0, 0.05) is 6.42 Å². The second-order valence-electron chi connectivity index (χ2n) is 6.09. The van der Waals surface area contributed by atoms with Gasteiger partial charge < -0.3 is 5.11 Å². The maximum Gasteiger partial charge on any atom is 0.115 e. The van der Waals surface area contributed by atoms with E-state index in [1.165, 1.54) is 56.9 Å². The van der Waals surface area contributed by atoms with Gasteiger partial charge in [0.05, 0.1) is 0 Å². The molecule has 22 heavy (non-hydrogen) atoms. The van der Waals surface area contributed by atoms with Crippen LogP contribution in [0.15, 0.2) is 30.3 Å². The Kier molecular flexibility index (Phi) is 11.4. The van der Waals surface area contributed by atoms with Crippen LogP contribution in [0.25, 0.3) is 0 Å². The highest BCUT2D eigenvalue weighted by Crippen LogP contribution is 2.09. The first-order chi connectivity index (χ1) is 10.8. The second kappa shape index (κ2) is 13.4. The largest absolute Gasteiger partial charge is 0.380 e. The van der Waals surface area contributed by atoms with Crippen LogP contribution < -0.4 is 0 Å². The Labute approximate surface area is 137 Å². The molecule has 0 saturated heterocycles. The summed E-state index contributed by atoms with van der Waals surface area (Å²) >= 11 is 0. The van der Waals surface area contributed by atoms with Gasteiger partial charge in [0.25, 0.3) is 0 Å². The standard InChI is InChI=1S/C21H32O/c1-2-3-4-5-6-7-8-9-10-14-17-21(22)19-18-20-15-12-11-13-16-20/h11-13,15-16,21-22H,2-10,18-19H2,1H3. The van der Waals surface area contributed by atoms with Crippen molar-refractivity contribution in [2.45, 2.75) is 83.7 Å². The van der Waals surface area contributed by atoms with Gasteiger partial charge in [-0.15, -0.1) is 5.92 Å². The Morgan fingerprint density at radius 2 is 1.55 bits per heavy atom. The van der Waals surface area contributed by atoms with Gasteiger partial charge in [-0.2, -0.15) is 0 Å². The highest BCUT2D eigenvalue weighted by atomic mass is 16.3. The highest BCUT2D eigenvalue weighted by Gasteiger charge is 1.99. The quantitative estimate of drug-likeness (QED) is 0.422. The van der Waals surface area contributed by atoms with E-state index in [9.17, 15) is 5.11 Å². The van der Waals surface area contributed by atoms with Crippen molar-refractivity contribution in [3.05, 3.63) is 35.9 Å². The van der Waals surface area contributed by atoms with Crippen molar-refractivity contribution < 1.29 is 5.11 Å². The van der Waals surface area contributed by atoms with E-state index in [-0.39, 0.29) is 0 Å². The van der Waals surface area contributed by atoms with Crippen molar-refractivity contribution in [2.24, 2.45) is 0 Å². The number of hydrogen-bond donors (Lipinski definition) is 1. The number of hydrogen-bond acceptors (Lipinski definition) is 1. The van der Waals surface area contributed by atoms with E-state index in [1.54, 1.807) is 0 Å². The van der Waals surface area contributed by atoms with Gasteiger partial charge >= 0.3 is 0 Å². The van der Waals surface area contributed by atoms with E-state index in [2.05, 4.69) is 30.9 Å². The molecule has 1 N–H and O–H groups in total. The molecule has 0 bridgehead atoms. The molecule has 1 unspecified atom stereocenters. The topological polar surface area (TPSA) is 20.2 Å². The lowest BCUT2D eigenvalue weighted by Crippen LogP contribution is -2.04. The van der Waals surface area contributed by atoms with Crippen LogP contribution in [0.1, 0.15) is 76.7 Å². The first-order valence-corrected chi connectivity index (χ1v) is 9.03. The van der Waals surface area contributed by atoms with Crippen LogP contribution in [-0.2, 0) is 6.42 Å². The zero-order valence-electron chi connectivity index (χ0n) is 14.2. The number of rotatable bonds is 11. The van der Waals surface area contributed by atoms with Gasteiger partial charge in [-0.05, 0) is 24.8 Å². The van der Waals surface area contributed by atoms with Gasteiger partial charge in [0.2, 0.25) is 0 Å². The van der Waals surface area contributed by atoms with Gasteiger partial charge in [-0.3, -0.25) is 0 Å². The summed E-state index contributed by atoms with van der Waals surface area (Å²) in [6, 6.07) is 10.3. The summed E-state index contributed by atoms with van der Waals surface area (Å²) in [4.78, 5) is 0. The number of aliphatic hydroxyl groups excluding tert-OH is 1. The Bertz CT molecular complexity index is 413. The van der Waals surface area contributed by atoms with Gasteiger partial charge in [0.15, 0.2) is 0 Å². The minimum absolute atomic E-state index is 0.478. The van der Waals surface area contributed by atoms with Crippen molar-refractivity contribution in [1.82, 2.24) is 0 Å². The maximum atomic E-state index is 9.86. The van der Waals surface area contributed by atoms with E-state index >= 15 is 0 Å². The molecule has 0 saturated carbocycles. The van der Waals surface area contributed by atoms with Crippen LogP contribution in [0.4, 0.5) is 0 Å². The SMILES string of the molecule is CCCCCCCCCCC#CC(O)CCc1ccccc1. The second-order valence-corrected chi connectivity index (χ2v) is 6.09. The third-order valence-electron chi connectivity index (χ3n) is 3.97. The average Bonchev–Trinajstić information content (AvgIpc) is 2.55. The highest BCUT2D eigenvalue weighted by molar-refractivity contribution is 5.15. The Balaban J connectivity index is 1.97. The lowest BCUT2D eigenvalue weighted by molar-refractivity contribution is 0.222. The Morgan fingerprint density at radius 1 is 0.909 bits per heavy atom. The molecule has 0 aliphatic heterocycles. The first-order valence-electron chi connectivity index (χ1n) is 9.03. The van der Waals surface area contributed by atoms with Crippen molar-refractivity contribution in [3.63, 3.8) is 0 Å². The molecular weight excluding hydrogens is 268 g/mol. The van der Waals surface area contributed by atoms with Gasteiger partial charge in [0.1, 0.15) is 6.10 Å². The zero-order chi connectivity index (χ0) is 15.9. The molecule has 0 spiro atoms. The van der Waals surface area contributed by atoms with E-state index < -0.39 is 6.10 Å². The number of aliphatic hydroxyl groups is 1. The molecule has 1 atom stereocenters. The Morgan fingerprint density at radius 3 is 2.23 bits per heavy atom. The molecule has 0 amide bonds. The van der Waals surface area contributed by atoms with Crippen LogP contribution >= 0.6 is 0 Å². The normalized spacial score (nSPS) is 11.7. The minimum Gasteiger partial charge on any atom is -0.380 e. The van der Waals surface area contributed by atoms with Gasteiger partial charge in [-0.1, -0.05) is 88.1 Å². The third kappa shape index (κ3) is 10.5. The van der Waals surface area contributed by atoms with Crippen LogP contribution in [-0.4, -0.2) is 11.2 Å². The fraction of sp³-hybridized carbons (Fsp3) is 0.619. The molecule has 0 fully saturated rings. The third-order valence-corrected chi connectivity index (χ3v) is 3.97. The molecule has 1 nitrogen and oxygen atoms in total. The predicted octanol–water partition coefficient (Wildman–Crippen LogP) is 5.51. The number of benzene rings is 1. The monoisotopic (exact) mass is 300 g/mol. The van der Waals surface area contributed by atoms with Crippen LogP contribution in [0.3, 0.4) is 0 Å². The number of aryl methyl sites for hydroxylation is 1. The van der Waals surface area contributed by atoms with Crippen molar-refractivity contribution in [2.75, 3.05) is 0 Å². The molecule has 0 heterocycles. The molecule has 122 valence electrons. The fourth-order valence-corrected chi connectivity index (χ4v) is 2.56. The predicted molar refractivity (Wildman–Crippen MR) is 95.8 cm³/mol. The molecule has 1 aromatic rings. The van der Waals surface area contributed by atoms with Crippen LogP contribution in [0, 0.1) is 11.8 Å². The lowest BCUT2D eigenvalue weighted by atomic mass is 10.1. The molecule has 1 heteroatoms. The van der Waals surface area contributed by atoms with Crippen LogP contribution in [0.5, 0.6) is 0 Å². The lowest BCUT2D eigenvalue weighted by Gasteiger charge is -2.03. The summed E-state index contributed by atoms with van der Waals surface area (Å²) in [5.74, 6) is 6.11. The first kappa shape index (κ1) is 18.8. The van der Waals surface area contributed by atoms with Gasteiger partial charge in [-0.25, -0.2) is 0 Å². The van der Waals surface area contributed by atoms with E-state index in [0.717, 1.165) is 19.3 Å². The zero-order valence-corrected chi connectivity index (χ0v) is 14.2. The molecular formula is C21H32O. The molecule has 0 aliphatic rings. The molecule has 1 aromatic carbocycles. The number of unbranched alkanes of at least 4 members (excludes halogenated alkanes) is 8. The minimum atomic E-state index is -0.478. The van der Waals surface area contributed by atoms with Crippen molar-refractivity contribution in [1.29, 1.82) is 0 Å². The molecule has 0 radical (unpaired) electrons. The smallest absolute Gasteiger partial charge is 0.115 e. The van der Waals surface area contributed by atoms with E-state index in [0.29, 0.717) is 0 Å². The summed E-state index contributed by atoms with van der Waals surface area (Å²) in [6.07, 6.45) is 12.7. The Hall–Kier alpha value is -1.26. The van der Waals surface area contributed by atoms with E-state index in [4.69, 9.17) is 0 Å². The molecule has 0 aliphatic carbocycles. The van der Waals surface area contributed by atoms with Crippen LogP contribution in [0.2, 0.25) is 0 Å². The molecule has 0 aromatic heterocycles. The average molecular weight is 300 g/mol. The summed E-state index contributed by atoms with van der Waals surface area (Å²) in [6.45, 7) is 2.26.